The smallest absolute Gasteiger partial charge is 0.273 e. The Kier molecular flexibility index (Phi) is 6.28. The van der Waals surface area contributed by atoms with E-state index in [2.05, 4.69) is 10.2 Å². The van der Waals surface area contributed by atoms with Crippen LogP contribution < -0.4 is 19.7 Å². The van der Waals surface area contributed by atoms with Gasteiger partial charge in [-0.3, -0.25) is 14.9 Å². The van der Waals surface area contributed by atoms with Crippen LogP contribution in [0.5, 0.6) is 11.5 Å². The Morgan fingerprint density at radius 3 is 2.54 bits per heavy atom. The average molecular weight is 387 g/mol. The molecule has 9 heteroatoms. The van der Waals surface area contributed by atoms with E-state index in [9.17, 15) is 14.9 Å². The largest absolute Gasteiger partial charge is 0.493 e. The molecule has 0 saturated carbocycles. The van der Waals surface area contributed by atoms with Gasteiger partial charge in [0.25, 0.3) is 11.6 Å². The van der Waals surface area contributed by atoms with Gasteiger partial charge in [-0.25, -0.2) is 0 Å². The van der Waals surface area contributed by atoms with Crippen molar-refractivity contribution in [2.75, 3.05) is 50.2 Å². The lowest BCUT2D eigenvalue weighted by Crippen LogP contribution is -2.36. The highest BCUT2D eigenvalue weighted by Crippen LogP contribution is 2.31. The van der Waals surface area contributed by atoms with E-state index < -0.39 is 4.92 Å². The maximum Gasteiger partial charge on any atom is 0.273 e. The molecule has 1 aliphatic rings. The number of hydrogen-bond donors (Lipinski definition) is 1. The lowest BCUT2D eigenvalue weighted by Gasteiger charge is -2.28. The van der Waals surface area contributed by atoms with Crippen molar-refractivity contribution in [1.29, 1.82) is 0 Å². The highest BCUT2D eigenvalue weighted by atomic mass is 16.6. The summed E-state index contributed by atoms with van der Waals surface area (Å²) in [6.07, 6.45) is 0. The van der Waals surface area contributed by atoms with E-state index in [1.54, 1.807) is 0 Å². The fourth-order valence-electron chi connectivity index (χ4n) is 2.81. The van der Waals surface area contributed by atoms with Gasteiger partial charge in [0.2, 0.25) is 0 Å². The second kappa shape index (κ2) is 9.05. The van der Waals surface area contributed by atoms with Crippen molar-refractivity contribution in [2.45, 2.75) is 0 Å². The molecule has 1 N–H and O–H groups in total. The summed E-state index contributed by atoms with van der Waals surface area (Å²) in [6.45, 7) is 2.78. The molecule has 0 radical (unpaired) electrons. The number of nitro groups is 1. The van der Waals surface area contributed by atoms with E-state index in [0.29, 0.717) is 24.7 Å². The first-order chi connectivity index (χ1) is 13.6. The molecule has 148 valence electrons. The normalized spacial score (nSPS) is 13.7. The predicted octanol–water partition coefficient (Wildman–Crippen LogP) is 2.46. The fraction of sp³-hybridized carbons (Fsp3) is 0.316. The number of carbonyl (C=O) groups is 1. The van der Waals surface area contributed by atoms with E-state index in [1.807, 2.05) is 24.3 Å². The number of morpholine rings is 1. The first-order valence-electron chi connectivity index (χ1n) is 8.74. The van der Waals surface area contributed by atoms with Crippen molar-refractivity contribution in [3.05, 3.63) is 52.6 Å². The molecule has 0 aliphatic carbocycles. The number of rotatable bonds is 7. The van der Waals surface area contributed by atoms with Gasteiger partial charge in [-0.2, -0.15) is 0 Å². The highest BCUT2D eigenvalue weighted by molar-refractivity contribution is 5.92. The number of anilines is 2. The van der Waals surface area contributed by atoms with Crippen LogP contribution in [0.3, 0.4) is 0 Å². The maximum absolute atomic E-state index is 12.2. The van der Waals surface area contributed by atoms with Crippen LogP contribution in [0.4, 0.5) is 17.1 Å². The molecule has 1 heterocycles. The molecular formula is C19H21N3O6. The number of non-ortho nitro benzene ring substituents is 1. The summed E-state index contributed by atoms with van der Waals surface area (Å²) in [4.78, 5) is 24.7. The molecule has 3 rings (SSSR count). The minimum Gasteiger partial charge on any atom is -0.493 e. The second-order valence-electron chi connectivity index (χ2n) is 6.08. The zero-order chi connectivity index (χ0) is 19.9. The Hall–Kier alpha value is -3.33. The van der Waals surface area contributed by atoms with Gasteiger partial charge in [0.05, 0.1) is 31.3 Å². The number of benzene rings is 2. The van der Waals surface area contributed by atoms with E-state index >= 15 is 0 Å². The first kappa shape index (κ1) is 19.4. The van der Waals surface area contributed by atoms with E-state index in [0.717, 1.165) is 18.8 Å². The summed E-state index contributed by atoms with van der Waals surface area (Å²) in [6, 6.07) is 11.5. The minimum absolute atomic E-state index is 0.134. The Bertz CT molecular complexity index is 834. The maximum atomic E-state index is 12.2. The van der Waals surface area contributed by atoms with Crippen LogP contribution in [-0.4, -0.2) is 50.9 Å². The van der Waals surface area contributed by atoms with Gasteiger partial charge >= 0.3 is 0 Å². The topological polar surface area (TPSA) is 103 Å². The minimum atomic E-state index is -0.539. The van der Waals surface area contributed by atoms with Gasteiger partial charge in [-0.1, -0.05) is 0 Å². The van der Waals surface area contributed by atoms with E-state index in [4.69, 9.17) is 14.2 Å². The Morgan fingerprint density at radius 1 is 1.18 bits per heavy atom. The zero-order valence-electron chi connectivity index (χ0n) is 15.4. The number of nitrogens with one attached hydrogen (secondary N) is 1. The lowest BCUT2D eigenvalue weighted by atomic mass is 10.2. The predicted molar refractivity (Wildman–Crippen MR) is 103 cm³/mol. The SMILES string of the molecule is COc1ccc([N+](=O)[O-])cc1OCC(=O)Nc1ccc(N2CCOCC2)cc1. The van der Waals surface area contributed by atoms with Gasteiger partial charge in [-0.15, -0.1) is 0 Å². The molecule has 28 heavy (non-hydrogen) atoms. The van der Waals surface area contributed by atoms with Gasteiger partial charge in [0.1, 0.15) is 0 Å². The molecule has 1 saturated heterocycles. The summed E-state index contributed by atoms with van der Waals surface area (Å²) in [5.41, 5.74) is 1.56. The zero-order valence-corrected chi connectivity index (χ0v) is 15.4. The molecule has 0 unspecified atom stereocenters. The molecule has 2 aromatic carbocycles. The number of carbonyl (C=O) groups excluding carboxylic acids is 1. The van der Waals surface area contributed by atoms with Crippen LogP contribution in [0.1, 0.15) is 0 Å². The first-order valence-corrected chi connectivity index (χ1v) is 8.74. The van der Waals surface area contributed by atoms with E-state index in [-0.39, 0.29) is 24.0 Å². The lowest BCUT2D eigenvalue weighted by molar-refractivity contribution is -0.385. The van der Waals surface area contributed by atoms with Crippen LogP contribution in [0, 0.1) is 10.1 Å². The van der Waals surface area contributed by atoms with Gasteiger partial charge < -0.3 is 24.4 Å². The monoisotopic (exact) mass is 387 g/mol. The number of amides is 1. The molecule has 0 atom stereocenters. The number of ether oxygens (including phenoxy) is 3. The number of hydrogen-bond acceptors (Lipinski definition) is 7. The van der Waals surface area contributed by atoms with Crippen molar-refractivity contribution in [3.8, 4) is 11.5 Å². The molecule has 0 aromatic heterocycles. The van der Waals surface area contributed by atoms with Crippen LogP contribution in [0.25, 0.3) is 0 Å². The number of nitro benzene ring substituents is 1. The molecule has 0 spiro atoms. The third-order valence-electron chi connectivity index (χ3n) is 4.24. The van der Waals surface area contributed by atoms with Crippen LogP contribution in [0.15, 0.2) is 42.5 Å². The molecule has 1 aliphatic heterocycles. The average Bonchev–Trinajstić information content (AvgIpc) is 2.73. The van der Waals surface area contributed by atoms with Crippen molar-refractivity contribution in [2.24, 2.45) is 0 Å². The second-order valence-corrected chi connectivity index (χ2v) is 6.08. The van der Waals surface area contributed by atoms with Crippen molar-refractivity contribution in [1.82, 2.24) is 0 Å². The van der Waals surface area contributed by atoms with Crippen LogP contribution in [-0.2, 0) is 9.53 Å². The highest BCUT2D eigenvalue weighted by Gasteiger charge is 2.14. The third-order valence-corrected chi connectivity index (χ3v) is 4.24. The van der Waals surface area contributed by atoms with Crippen LogP contribution in [0.2, 0.25) is 0 Å². The Labute approximate surface area is 162 Å². The fourth-order valence-corrected chi connectivity index (χ4v) is 2.81. The third kappa shape index (κ3) is 4.89. The summed E-state index contributed by atoms with van der Waals surface area (Å²) >= 11 is 0. The summed E-state index contributed by atoms with van der Waals surface area (Å²) < 4.78 is 15.9. The van der Waals surface area contributed by atoms with E-state index in [1.165, 1.54) is 25.3 Å². The van der Waals surface area contributed by atoms with Gasteiger partial charge in [-0.05, 0) is 30.3 Å². The molecule has 1 amide bonds. The van der Waals surface area contributed by atoms with Gasteiger partial charge in [0.15, 0.2) is 18.1 Å². The molecule has 9 nitrogen and oxygen atoms in total. The van der Waals surface area contributed by atoms with Crippen LogP contribution >= 0.6 is 0 Å². The molecular weight excluding hydrogens is 366 g/mol. The Morgan fingerprint density at radius 2 is 1.89 bits per heavy atom. The number of methoxy groups -OCH3 is 1. The van der Waals surface area contributed by atoms with Gasteiger partial charge in [0, 0.05) is 30.5 Å². The van der Waals surface area contributed by atoms with Crippen molar-refractivity contribution in [3.63, 3.8) is 0 Å². The van der Waals surface area contributed by atoms with Crippen molar-refractivity contribution < 1.29 is 23.9 Å². The summed E-state index contributed by atoms with van der Waals surface area (Å²) in [5, 5.41) is 13.6. The molecule has 1 fully saturated rings. The Balaban J connectivity index is 1.57. The standard InChI is InChI=1S/C19H21N3O6/c1-26-17-7-6-16(22(24)25)12-18(17)28-13-19(23)20-14-2-4-15(5-3-14)21-8-10-27-11-9-21/h2-7,12H,8-11,13H2,1H3,(H,20,23). The summed E-state index contributed by atoms with van der Waals surface area (Å²) in [7, 11) is 1.42. The van der Waals surface area contributed by atoms with Crippen molar-refractivity contribution >= 4 is 23.0 Å². The molecule has 0 bridgehead atoms. The quantitative estimate of drug-likeness (QED) is 0.575. The summed E-state index contributed by atoms with van der Waals surface area (Å²) in [5.74, 6) is 0.0652. The molecule has 2 aromatic rings. The number of nitrogens with zero attached hydrogens (tertiary/aromatic N) is 2.